The Labute approximate surface area is 119 Å². The number of rotatable bonds is 3. The first-order valence-corrected chi connectivity index (χ1v) is 7.08. The van der Waals surface area contributed by atoms with E-state index in [1.54, 1.807) is 23.9 Å². The minimum atomic E-state index is -4.43. The van der Waals surface area contributed by atoms with Gasteiger partial charge in [0.25, 0.3) is 5.91 Å². The number of amides is 1. The third-order valence-corrected chi connectivity index (χ3v) is 3.88. The number of benzene rings is 1. The maximum absolute atomic E-state index is 12.2. The SMILES string of the molecule is CC(OCC(F)(F)F)C(=O)N1CCSc2ccccc21. The lowest BCUT2D eigenvalue weighted by Gasteiger charge is -2.31. The van der Waals surface area contributed by atoms with E-state index in [0.29, 0.717) is 6.54 Å². The number of para-hydroxylation sites is 1. The number of nitrogens with zero attached hydrogens (tertiary/aromatic N) is 1. The molecule has 0 spiro atoms. The summed E-state index contributed by atoms with van der Waals surface area (Å²) in [6.07, 6.45) is -5.54. The highest BCUT2D eigenvalue weighted by molar-refractivity contribution is 7.99. The summed E-state index contributed by atoms with van der Waals surface area (Å²) in [5.74, 6) is 0.274. The van der Waals surface area contributed by atoms with Crippen LogP contribution in [0.4, 0.5) is 18.9 Å². The second-order valence-corrected chi connectivity index (χ2v) is 5.51. The lowest BCUT2D eigenvalue weighted by atomic mass is 10.2. The Hall–Kier alpha value is -1.21. The van der Waals surface area contributed by atoms with Gasteiger partial charge in [0.05, 0.1) is 5.69 Å². The summed E-state index contributed by atoms with van der Waals surface area (Å²) in [5.41, 5.74) is 0.733. The van der Waals surface area contributed by atoms with Gasteiger partial charge in [0.2, 0.25) is 0 Å². The smallest absolute Gasteiger partial charge is 0.359 e. The van der Waals surface area contributed by atoms with Crippen LogP contribution < -0.4 is 4.90 Å². The van der Waals surface area contributed by atoms with E-state index in [9.17, 15) is 18.0 Å². The molecule has 0 radical (unpaired) electrons. The van der Waals surface area contributed by atoms with Crippen LogP contribution in [0.25, 0.3) is 0 Å². The molecule has 2 rings (SSSR count). The number of hydrogen-bond acceptors (Lipinski definition) is 3. The van der Waals surface area contributed by atoms with E-state index in [2.05, 4.69) is 4.74 Å². The average Bonchev–Trinajstić information content (AvgIpc) is 2.42. The highest BCUT2D eigenvalue weighted by Gasteiger charge is 2.32. The number of alkyl halides is 3. The number of halogens is 3. The summed E-state index contributed by atoms with van der Waals surface area (Å²) in [5, 5.41) is 0. The molecule has 0 N–H and O–H groups in total. The fraction of sp³-hybridized carbons (Fsp3) is 0.462. The summed E-state index contributed by atoms with van der Waals surface area (Å²) < 4.78 is 40.9. The molecule has 20 heavy (non-hydrogen) atoms. The fourth-order valence-corrected chi connectivity index (χ4v) is 2.90. The van der Waals surface area contributed by atoms with Crippen molar-refractivity contribution in [1.82, 2.24) is 0 Å². The van der Waals surface area contributed by atoms with Gasteiger partial charge in [0.1, 0.15) is 12.7 Å². The average molecular weight is 305 g/mol. The third-order valence-electron chi connectivity index (χ3n) is 2.84. The first-order chi connectivity index (χ1) is 9.38. The van der Waals surface area contributed by atoms with Crippen molar-refractivity contribution in [2.24, 2.45) is 0 Å². The third kappa shape index (κ3) is 3.67. The van der Waals surface area contributed by atoms with Gasteiger partial charge in [-0.3, -0.25) is 4.79 Å². The molecule has 1 aromatic rings. The normalized spacial score (nSPS) is 16.7. The van der Waals surface area contributed by atoms with Crippen molar-refractivity contribution in [3.05, 3.63) is 24.3 Å². The molecule has 1 aliphatic rings. The van der Waals surface area contributed by atoms with Crippen LogP contribution in [-0.2, 0) is 9.53 Å². The summed E-state index contributed by atoms with van der Waals surface area (Å²) in [6.45, 7) is 0.406. The second-order valence-electron chi connectivity index (χ2n) is 4.37. The van der Waals surface area contributed by atoms with Crippen molar-refractivity contribution in [3.8, 4) is 0 Å². The van der Waals surface area contributed by atoms with Gasteiger partial charge < -0.3 is 9.64 Å². The van der Waals surface area contributed by atoms with Crippen LogP contribution in [0.1, 0.15) is 6.92 Å². The number of hydrogen-bond donors (Lipinski definition) is 0. The molecule has 7 heteroatoms. The Morgan fingerprint density at radius 3 is 2.85 bits per heavy atom. The zero-order valence-corrected chi connectivity index (χ0v) is 11.6. The monoisotopic (exact) mass is 305 g/mol. The molecule has 1 heterocycles. The molecule has 1 aliphatic heterocycles. The Kier molecular flexibility index (Phi) is 4.59. The number of anilines is 1. The molecule has 3 nitrogen and oxygen atoms in total. The summed E-state index contributed by atoms with van der Waals surface area (Å²) in [6, 6.07) is 7.34. The number of thioether (sulfide) groups is 1. The number of carbonyl (C=O) groups excluding carboxylic acids is 1. The van der Waals surface area contributed by atoms with Crippen LogP contribution in [0.5, 0.6) is 0 Å². The molecule has 1 atom stereocenters. The maximum atomic E-state index is 12.2. The maximum Gasteiger partial charge on any atom is 0.411 e. The van der Waals surface area contributed by atoms with Crippen LogP contribution in [-0.4, -0.2) is 37.1 Å². The summed E-state index contributed by atoms with van der Waals surface area (Å²) in [7, 11) is 0. The number of fused-ring (bicyclic) bond motifs is 1. The van der Waals surface area contributed by atoms with E-state index in [0.717, 1.165) is 16.3 Å². The van der Waals surface area contributed by atoms with Gasteiger partial charge in [-0.15, -0.1) is 11.8 Å². The molecule has 1 amide bonds. The highest BCUT2D eigenvalue weighted by atomic mass is 32.2. The van der Waals surface area contributed by atoms with Crippen molar-refractivity contribution >= 4 is 23.4 Å². The largest absolute Gasteiger partial charge is 0.411 e. The Morgan fingerprint density at radius 2 is 2.15 bits per heavy atom. The van der Waals surface area contributed by atoms with Gasteiger partial charge in [-0.1, -0.05) is 12.1 Å². The van der Waals surface area contributed by atoms with E-state index >= 15 is 0 Å². The molecule has 1 aromatic carbocycles. The molecule has 0 aromatic heterocycles. The minimum Gasteiger partial charge on any atom is -0.359 e. The molecule has 0 saturated heterocycles. The predicted octanol–water partition coefficient (Wildman–Crippen LogP) is 3.09. The van der Waals surface area contributed by atoms with E-state index in [-0.39, 0.29) is 0 Å². The highest BCUT2D eigenvalue weighted by Crippen LogP contribution is 2.34. The molecular formula is C13H14F3NO2S. The number of ether oxygens (including phenoxy) is 1. The van der Waals surface area contributed by atoms with Gasteiger partial charge in [-0.25, -0.2) is 0 Å². The van der Waals surface area contributed by atoms with Gasteiger partial charge >= 0.3 is 6.18 Å². The standard InChI is InChI=1S/C13H14F3NO2S/c1-9(19-8-13(14,15)16)12(18)17-6-7-20-11-5-3-2-4-10(11)17/h2-5,9H,6-8H2,1H3. The summed E-state index contributed by atoms with van der Waals surface area (Å²) >= 11 is 1.62. The van der Waals surface area contributed by atoms with Crippen LogP contribution in [0, 0.1) is 0 Å². The van der Waals surface area contributed by atoms with Crippen LogP contribution >= 0.6 is 11.8 Å². The summed E-state index contributed by atoms with van der Waals surface area (Å²) in [4.78, 5) is 14.6. The first kappa shape index (κ1) is 15.2. The van der Waals surface area contributed by atoms with Crippen molar-refractivity contribution in [1.29, 1.82) is 0 Å². The topological polar surface area (TPSA) is 29.5 Å². The predicted molar refractivity (Wildman–Crippen MR) is 71.0 cm³/mol. The second kappa shape index (κ2) is 6.05. The van der Waals surface area contributed by atoms with Gasteiger partial charge in [-0.05, 0) is 19.1 Å². The van der Waals surface area contributed by atoms with Crippen molar-refractivity contribution in [2.45, 2.75) is 24.1 Å². The van der Waals surface area contributed by atoms with Crippen molar-refractivity contribution in [3.63, 3.8) is 0 Å². The van der Waals surface area contributed by atoms with Crippen molar-refractivity contribution in [2.75, 3.05) is 23.8 Å². The Balaban J connectivity index is 2.07. The lowest BCUT2D eigenvalue weighted by Crippen LogP contribution is -2.43. The van der Waals surface area contributed by atoms with E-state index in [4.69, 9.17) is 0 Å². The Morgan fingerprint density at radius 1 is 1.45 bits per heavy atom. The lowest BCUT2D eigenvalue weighted by molar-refractivity contribution is -0.185. The quantitative estimate of drug-likeness (QED) is 0.859. The first-order valence-electron chi connectivity index (χ1n) is 6.10. The fourth-order valence-electron chi connectivity index (χ4n) is 1.91. The molecule has 0 fully saturated rings. The van der Waals surface area contributed by atoms with Crippen LogP contribution in [0.3, 0.4) is 0 Å². The molecule has 1 unspecified atom stereocenters. The zero-order chi connectivity index (χ0) is 14.8. The van der Waals surface area contributed by atoms with E-state index < -0.39 is 24.8 Å². The Bertz CT molecular complexity index is 493. The zero-order valence-electron chi connectivity index (χ0n) is 10.8. The van der Waals surface area contributed by atoms with E-state index in [1.165, 1.54) is 11.8 Å². The minimum absolute atomic E-state index is 0.443. The van der Waals surface area contributed by atoms with E-state index in [1.807, 2.05) is 12.1 Å². The van der Waals surface area contributed by atoms with Gasteiger partial charge in [0.15, 0.2) is 0 Å². The van der Waals surface area contributed by atoms with Gasteiger partial charge in [-0.2, -0.15) is 13.2 Å². The molecule has 110 valence electrons. The molecule has 0 aliphatic carbocycles. The number of carbonyl (C=O) groups is 1. The van der Waals surface area contributed by atoms with Crippen LogP contribution in [0.15, 0.2) is 29.2 Å². The molecule has 0 bridgehead atoms. The molecule has 0 saturated carbocycles. The van der Waals surface area contributed by atoms with Crippen LogP contribution in [0.2, 0.25) is 0 Å². The van der Waals surface area contributed by atoms with Crippen molar-refractivity contribution < 1.29 is 22.7 Å². The molecular weight excluding hydrogens is 291 g/mol. The van der Waals surface area contributed by atoms with Gasteiger partial charge in [0, 0.05) is 17.2 Å².